The molecule has 2 aromatic heterocycles. The number of rotatable bonds is 2. The van der Waals surface area contributed by atoms with E-state index < -0.39 is 40.2 Å². The Hall–Kier alpha value is -1.97. The van der Waals surface area contributed by atoms with Crippen molar-refractivity contribution in [3.8, 4) is 11.7 Å². The molecule has 0 unspecified atom stereocenters. The average molecular weight is 360 g/mol. The van der Waals surface area contributed by atoms with E-state index in [9.17, 15) is 26.3 Å². The summed E-state index contributed by atoms with van der Waals surface area (Å²) in [6.07, 6.45) is -8.90. The van der Waals surface area contributed by atoms with Gasteiger partial charge in [-0.3, -0.25) is 0 Å². The van der Waals surface area contributed by atoms with Crippen LogP contribution in [0.3, 0.4) is 0 Å². The number of ether oxygens (including phenoxy) is 1. The molecule has 2 rings (SSSR count). The first-order valence-electron chi connectivity index (χ1n) is 5.90. The summed E-state index contributed by atoms with van der Waals surface area (Å²) in [5.41, 5.74) is -2.66. The van der Waals surface area contributed by atoms with Gasteiger partial charge in [0.05, 0.1) is 29.6 Å². The Morgan fingerprint density at radius 2 is 1.65 bits per heavy atom. The quantitative estimate of drug-likeness (QED) is 0.752. The fourth-order valence-electron chi connectivity index (χ4n) is 1.87. The van der Waals surface area contributed by atoms with Crippen LogP contribution in [-0.4, -0.2) is 21.9 Å². The Morgan fingerprint density at radius 3 is 2.09 bits per heavy atom. The molecule has 4 nitrogen and oxygen atoms in total. The first-order valence-corrected chi connectivity index (χ1v) is 6.28. The highest BCUT2D eigenvalue weighted by Crippen LogP contribution is 2.39. The number of halogens is 7. The number of nitrogens with zero attached hydrogens (tertiary/aromatic N) is 3. The summed E-state index contributed by atoms with van der Waals surface area (Å²) in [5.74, 6) is -1.22. The van der Waals surface area contributed by atoms with Gasteiger partial charge < -0.3 is 4.74 Å². The summed E-state index contributed by atoms with van der Waals surface area (Å²) >= 11 is 5.73. The highest BCUT2D eigenvalue weighted by atomic mass is 35.5. The Bertz CT molecular complexity index is 738. The second-order valence-corrected chi connectivity index (χ2v) is 4.81. The standard InChI is InChI=1S/C12H8ClF6N3O/c1-5-7(12(17,18)19)4-20-22(5)9-8(13)3-6(11(14,15)16)10(21-9)23-2/h3-4H,1-2H3. The predicted octanol–water partition coefficient (Wildman–Crippen LogP) is 4.28. The highest BCUT2D eigenvalue weighted by molar-refractivity contribution is 6.32. The van der Waals surface area contributed by atoms with Gasteiger partial charge in [-0.05, 0) is 13.0 Å². The molecule has 0 aliphatic heterocycles. The molecule has 2 aromatic rings. The molecule has 0 bridgehead atoms. The lowest BCUT2D eigenvalue weighted by molar-refractivity contribution is -0.139. The number of hydrogen-bond donors (Lipinski definition) is 0. The summed E-state index contributed by atoms with van der Waals surface area (Å²) in [6.45, 7) is 1.10. The summed E-state index contributed by atoms with van der Waals surface area (Å²) in [4.78, 5) is 3.54. The molecule has 0 aromatic carbocycles. The van der Waals surface area contributed by atoms with E-state index in [0.29, 0.717) is 16.9 Å². The summed E-state index contributed by atoms with van der Waals surface area (Å²) in [7, 11) is 0.951. The van der Waals surface area contributed by atoms with E-state index in [-0.39, 0.29) is 5.69 Å². The number of alkyl halides is 6. The molecule has 126 valence electrons. The van der Waals surface area contributed by atoms with Crippen LogP contribution in [0.2, 0.25) is 5.02 Å². The fraction of sp³-hybridized carbons (Fsp3) is 0.333. The van der Waals surface area contributed by atoms with Crippen molar-refractivity contribution in [1.82, 2.24) is 14.8 Å². The minimum Gasteiger partial charge on any atom is -0.481 e. The van der Waals surface area contributed by atoms with Crippen molar-refractivity contribution in [2.24, 2.45) is 0 Å². The van der Waals surface area contributed by atoms with E-state index in [2.05, 4.69) is 14.8 Å². The van der Waals surface area contributed by atoms with Crippen LogP contribution in [0.5, 0.6) is 5.88 Å². The minimum absolute atomic E-state index is 0.367. The molecule has 0 fully saturated rings. The van der Waals surface area contributed by atoms with Crippen LogP contribution in [0.1, 0.15) is 16.8 Å². The third kappa shape index (κ3) is 3.21. The van der Waals surface area contributed by atoms with E-state index in [1.165, 1.54) is 0 Å². The molecular weight excluding hydrogens is 352 g/mol. The molecule has 23 heavy (non-hydrogen) atoms. The molecule has 11 heteroatoms. The van der Waals surface area contributed by atoms with E-state index in [0.717, 1.165) is 14.0 Å². The second kappa shape index (κ2) is 5.59. The molecule has 0 aliphatic carbocycles. The van der Waals surface area contributed by atoms with Crippen LogP contribution in [0.25, 0.3) is 5.82 Å². The molecule has 2 heterocycles. The van der Waals surface area contributed by atoms with Gasteiger partial charge in [0.25, 0.3) is 0 Å². The lowest BCUT2D eigenvalue weighted by Crippen LogP contribution is -2.13. The van der Waals surface area contributed by atoms with Gasteiger partial charge in [0.2, 0.25) is 5.88 Å². The number of aromatic nitrogens is 3. The number of pyridine rings is 1. The Balaban J connectivity index is 2.64. The zero-order valence-corrected chi connectivity index (χ0v) is 12.3. The third-order valence-electron chi connectivity index (χ3n) is 2.94. The highest BCUT2D eigenvalue weighted by Gasteiger charge is 2.38. The topological polar surface area (TPSA) is 39.9 Å². The maximum absolute atomic E-state index is 12.8. The van der Waals surface area contributed by atoms with Crippen molar-refractivity contribution >= 4 is 11.6 Å². The van der Waals surface area contributed by atoms with Gasteiger partial charge in [-0.2, -0.15) is 36.4 Å². The van der Waals surface area contributed by atoms with Crippen LogP contribution in [0.15, 0.2) is 12.3 Å². The molecule has 0 saturated carbocycles. The Labute approximate surface area is 130 Å². The largest absolute Gasteiger partial charge is 0.481 e. The lowest BCUT2D eigenvalue weighted by Gasteiger charge is -2.14. The van der Waals surface area contributed by atoms with Crippen LogP contribution in [-0.2, 0) is 12.4 Å². The van der Waals surface area contributed by atoms with Gasteiger partial charge in [0.15, 0.2) is 5.82 Å². The summed E-state index contributed by atoms with van der Waals surface area (Å²) in [5, 5.41) is 2.98. The molecular formula is C12H8ClF6N3O. The molecule has 0 amide bonds. The van der Waals surface area contributed by atoms with Crippen LogP contribution in [0.4, 0.5) is 26.3 Å². The van der Waals surface area contributed by atoms with Gasteiger partial charge in [0, 0.05) is 0 Å². The van der Waals surface area contributed by atoms with Crippen molar-refractivity contribution in [2.75, 3.05) is 7.11 Å². The van der Waals surface area contributed by atoms with Gasteiger partial charge in [-0.1, -0.05) is 11.6 Å². The Morgan fingerprint density at radius 1 is 1.09 bits per heavy atom. The van der Waals surface area contributed by atoms with E-state index in [1.54, 1.807) is 0 Å². The van der Waals surface area contributed by atoms with Crippen LogP contribution >= 0.6 is 11.6 Å². The van der Waals surface area contributed by atoms with Crippen molar-refractivity contribution in [3.63, 3.8) is 0 Å². The number of hydrogen-bond acceptors (Lipinski definition) is 3. The maximum Gasteiger partial charge on any atom is 0.421 e. The minimum atomic E-state index is -4.78. The van der Waals surface area contributed by atoms with E-state index in [4.69, 9.17) is 11.6 Å². The van der Waals surface area contributed by atoms with Gasteiger partial charge in [0.1, 0.15) is 5.56 Å². The number of methoxy groups -OCH3 is 1. The molecule has 0 radical (unpaired) electrons. The van der Waals surface area contributed by atoms with Crippen LogP contribution < -0.4 is 4.74 Å². The van der Waals surface area contributed by atoms with Gasteiger partial charge in [-0.15, -0.1) is 0 Å². The maximum atomic E-state index is 12.8. The van der Waals surface area contributed by atoms with Crippen molar-refractivity contribution in [3.05, 3.63) is 34.1 Å². The fourth-order valence-corrected chi connectivity index (χ4v) is 2.10. The summed E-state index contributed by atoms with van der Waals surface area (Å²) in [6, 6.07) is 0.525. The summed E-state index contributed by atoms with van der Waals surface area (Å²) < 4.78 is 82.1. The second-order valence-electron chi connectivity index (χ2n) is 4.40. The molecule has 0 atom stereocenters. The molecule has 0 aliphatic rings. The van der Waals surface area contributed by atoms with Crippen molar-refractivity contribution in [1.29, 1.82) is 0 Å². The Kier molecular flexibility index (Phi) is 4.22. The van der Waals surface area contributed by atoms with Gasteiger partial charge in [-0.25, -0.2) is 4.68 Å². The first-order chi connectivity index (χ1) is 10.5. The lowest BCUT2D eigenvalue weighted by atomic mass is 10.2. The zero-order valence-electron chi connectivity index (χ0n) is 11.6. The molecule has 0 saturated heterocycles. The zero-order chi connectivity index (χ0) is 17.6. The van der Waals surface area contributed by atoms with Crippen LogP contribution in [0, 0.1) is 6.92 Å². The van der Waals surface area contributed by atoms with Gasteiger partial charge >= 0.3 is 12.4 Å². The average Bonchev–Trinajstić information content (AvgIpc) is 2.79. The van der Waals surface area contributed by atoms with E-state index in [1.807, 2.05) is 0 Å². The SMILES string of the molecule is COc1nc(-n2ncc(C(F)(F)F)c2C)c(Cl)cc1C(F)(F)F. The monoisotopic (exact) mass is 359 g/mol. The molecule has 0 N–H and O–H groups in total. The van der Waals surface area contributed by atoms with Crippen molar-refractivity contribution < 1.29 is 31.1 Å². The first kappa shape index (κ1) is 17.4. The third-order valence-corrected chi connectivity index (χ3v) is 3.22. The normalized spacial score (nSPS) is 12.6. The predicted molar refractivity (Wildman–Crippen MR) is 67.7 cm³/mol. The smallest absolute Gasteiger partial charge is 0.421 e. The van der Waals surface area contributed by atoms with Crippen molar-refractivity contribution in [2.45, 2.75) is 19.3 Å². The van der Waals surface area contributed by atoms with E-state index >= 15 is 0 Å². The molecule has 0 spiro atoms.